The monoisotopic (exact) mass is 408 g/mol. The molecule has 0 unspecified atom stereocenters. The Hall–Kier alpha value is -3.47. The lowest BCUT2D eigenvalue weighted by atomic mass is 10.2. The van der Waals surface area contributed by atoms with Gasteiger partial charge in [0, 0.05) is 19.2 Å². The molecule has 146 valence electrons. The number of hydrogen-bond donors (Lipinski definition) is 2. The van der Waals surface area contributed by atoms with Gasteiger partial charge in [0.2, 0.25) is 11.1 Å². The molecule has 1 saturated carbocycles. The first-order valence-corrected chi connectivity index (χ1v) is 9.84. The third-order valence-electron chi connectivity index (χ3n) is 4.55. The van der Waals surface area contributed by atoms with Gasteiger partial charge in [-0.25, -0.2) is 9.50 Å². The summed E-state index contributed by atoms with van der Waals surface area (Å²) in [6.07, 6.45) is 5.25. The summed E-state index contributed by atoms with van der Waals surface area (Å²) < 4.78 is 3.36. The second-order valence-electron chi connectivity index (χ2n) is 6.67. The molecule has 10 nitrogen and oxygen atoms in total. The van der Waals surface area contributed by atoms with Gasteiger partial charge in [0.05, 0.1) is 11.8 Å². The molecule has 4 aromatic rings. The molecule has 2 amide bonds. The van der Waals surface area contributed by atoms with Crippen LogP contribution in [0.1, 0.15) is 23.2 Å². The van der Waals surface area contributed by atoms with Crippen LogP contribution >= 0.6 is 11.8 Å². The van der Waals surface area contributed by atoms with Crippen molar-refractivity contribution in [3.8, 4) is 0 Å². The van der Waals surface area contributed by atoms with Crippen LogP contribution in [0.3, 0.4) is 0 Å². The van der Waals surface area contributed by atoms with E-state index in [0.717, 1.165) is 12.8 Å². The Kier molecular flexibility index (Phi) is 4.16. The SMILES string of the molecule is CNC(=O)c1ccc2nnc(Sc3ccc4nc(NC(=O)C5CC5)cn4n3)n2c1. The number of carbonyl (C=O) groups is 2. The summed E-state index contributed by atoms with van der Waals surface area (Å²) in [5.41, 5.74) is 1.78. The fourth-order valence-electron chi connectivity index (χ4n) is 2.86. The van der Waals surface area contributed by atoms with Crippen molar-refractivity contribution in [1.29, 1.82) is 0 Å². The van der Waals surface area contributed by atoms with E-state index in [0.29, 0.717) is 32.9 Å². The first kappa shape index (κ1) is 17.6. The van der Waals surface area contributed by atoms with Crippen molar-refractivity contribution in [2.45, 2.75) is 23.0 Å². The third-order valence-corrected chi connectivity index (χ3v) is 5.44. The first-order valence-electron chi connectivity index (χ1n) is 9.03. The maximum atomic E-state index is 11.9. The zero-order chi connectivity index (χ0) is 20.0. The smallest absolute Gasteiger partial charge is 0.252 e. The molecule has 0 spiro atoms. The van der Waals surface area contributed by atoms with E-state index in [4.69, 9.17) is 0 Å². The van der Waals surface area contributed by atoms with Gasteiger partial charge in [0.15, 0.2) is 17.1 Å². The summed E-state index contributed by atoms with van der Waals surface area (Å²) in [6, 6.07) is 7.08. The summed E-state index contributed by atoms with van der Waals surface area (Å²) in [5.74, 6) is 0.416. The lowest BCUT2D eigenvalue weighted by Crippen LogP contribution is -2.18. The molecule has 0 saturated heterocycles. The van der Waals surface area contributed by atoms with Gasteiger partial charge in [0.1, 0.15) is 5.03 Å². The highest BCUT2D eigenvalue weighted by molar-refractivity contribution is 7.99. The summed E-state index contributed by atoms with van der Waals surface area (Å²) in [7, 11) is 1.58. The molecule has 4 heterocycles. The van der Waals surface area contributed by atoms with E-state index in [-0.39, 0.29) is 17.7 Å². The highest BCUT2D eigenvalue weighted by atomic mass is 32.2. The maximum Gasteiger partial charge on any atom is 0.252 e. The molecular formula is C18H16N8O2S. The molecule has 5 rings (SSSR count). The number of fused-ring (bicyclic) bond motifs is 2. The van der Waals surface area contributed by atoms with Crippen LogP contribution in [-0.2, 0) is 4.79 Å². The predicted octanol–water partition coefficient (Wildman–Crippen LogP) is 1.63. The summed E-state index contributed by atoms with van der Waals surface area (Å²) in [4.78, 5) is 28.2. The van der Waals surface area contributed by atoms with Gasteiger partial charge in [-0.3, -0.25) is 14.0 Å². The van der Waals surface area contributed by atoms with Gasteiger partial charge in [-0.15, -0.1) is 10.2 Å². The number of imidazole rings is 1. The Labute approximate surface area is 168 Å². The second kappa shape index (κ2) is 6.85. The van der Waals surface area contributed by atoms with Crippen LogP contribution in [0.25, 0.3) is 11.3 Å². The van der Waals surface area contributed by atoms with Gasteiger partial charge >= 0.3 is 0 Å². The molecule has 11 heteroatoms. The Morgan fingerprint density at radius 1 is 1.10 bits per heavy atom. The van der Waals surface area contributed by atoms with Gasteiger partial charge in [-0.2, -0.15) is 5.10 Å². The zero-order valence-corrected chi connectivity index (χ0v) is 16.2. The lowest BCUT2D eigenvalue weighted by Gasteiger charge is -2.03. The van der Waals surface area contributed by atoms with Crippen LogP contribution < -0.4 is 10.6 Å². The minimum absolute atomic E-state index is 0.00450. The molecular weight excluding hydrogens is 392 g/mol. The number of hydrogen-bond acceptors (Lipinski definition) is 7. The number of pyridine rings is 1. The van der Waals surface area contributed by atoms with Crippen molar-refractivity contribution in [3.05, 3.63) is 42.2 Å². The van der Waals surface area contributed by atoms with Crippen LogP contribution in [0.5, 0.6) is 0 Å². The zero-order valence-electron chi connectivity index (χ0n) is 15.4. The number of anilines is 1. The van der Waals surface area contributed by atoms with Crippen molar-refractivity contribution in [1.82, 2.24) is 34.5 Å². The molecule has 0 atom stereocenters. The number of aromatic nitrogens is 6. The summed E-state index contributed by atoms with van der Waals surface area (Å²) >= 11 is 1.32. The van der Waals surface area contributed by atoms with E-state index in [1.165, 1.54) is 11.8 Å². The quantitative estimate of drug-likeness (QED) is 0.515. The normalized spacial score (nSPS) is 13.7. The molecule has 1 fully saturated rings. The Morgan fingerprint density at radius 2 is 1.93 bits per heavy atom. The minimum atomic E-state index is -0.185. The first-order chi connectivity index (χ1) is 14.1. The Bertz CT molecular complexity index is 1260. The van der Waals surface area contributed by atoms with Gasteiger partial charge in [0.25, 0.3) is 5.91 Å². The largest absolute Gasteiger partial charge is 0.355 e. The molecule has 4 aromatic heterocycles. The average Bonchev–Trinajstić information content (AvgIpc) is 3.41. The van der Waals surface area contributed by atoms with Gasteiger partial charge < -0.3 is 10.6 Å². The van der Waals surface area contributed by atoms with Crippen LogP contribution in [0, 0.1) is 5.92 Å². The number of nitrogens with zero attached hydrogens (tertiary/aromatic N) is 6. The molecule has 0 aliphatic heterocycles. The van der Waals surface area contributed by atoms with Gasteiger partial charge in [-0.1, -0.05) is 0 Å². The van der Waals surface area contributed by atoms with E-state index >= 15 is 0 Å². The van der Waals surface area contributed by atoms with E-state index < -0.39 is 0 Å². The van der Waals surface area contributed by atoms with E-state index in [9.17, 15) is 9.59 Å². The summed E-state index contributed by atoms with van der Waals surface area (Å²) in [6.45, 7) is 0. The standard InChI is InChI=1S/C18H16N8O2S/c1-19-16(27)11-4-5-14-22-23-18(25(14)8-11)29-15-7-6-13-20-12(9-26(13)24-15)21-17(28)10-2-3-10/h4-10H,2-3H2,1H3,(H,19,27)(H,21,28). The number of rotatable bonds is 5. The number of carbonyl (C=O) groups excluding carboxylic acids is 2. The molecule has 0 aromatic carbocycles. The van der Waals surface area contributed by atoms with Crippen molar-refractivity contribution >= 4 is 40.7 Å². The van der Waals surface area contributed by atoms with Crippen molar-refractivity contribution in [3.63, 3.8) is 0 Å². The fraction of sp³-hybridized carbons (Fsp3) is 0.222. The van der Waals surface area contributed by atoms with E-state index in [1.54, 1.807) is 40.5 Å². The molecule has 2 N–H and O–H groups in total. The fourth-order valence-corrected chi connectivity index (χ4v) is 3.64. The van der Waals surface area contributed by atoms with Gasteiger partial charge in [-0.05, 0) is 48.9 Å². The van der Waals surface area contributed by atoms with Crippen LogP contribution in [-0.4, -0.2) is 48.1 Å². The van der Waals surface area contributed by atoms with Crippen molar-refractivity contribution in [2.24, 2.45) is 5.92 Å². The molecule has 1 aliphatic rings. The molecule has 0 bridgehead atoms. The van der Waals surface area contributed by atoms with E-state index in [1.807, 2.05) is 12.1 Å². The average molecular weight is 408 g/mol. The Balaban J connectivity index is 1.42. The van der Waals surface area contributed by atoms with E-state index in [2.05, 4.69) is 30.9 Å². The Morgan fingerprint density at radius 3 is 2.72 bits per heavy atom. The minimum Gasteiger partial charge on any atom is -0.355 e. The molecule has 29 heavy (non-hydrogen) atoms. The van der Waals surface area contributed by atoms with Crippen LogP contribution in [0.15, 0.2) is 46.8 Å². The highest BCUT2D eigenvalue weighted by Crippen LogP contribution is 2.30. The maximum absolute atomic E-state index is 11.9. The lowest BCUT2D eigenvalue weighted by molar-refractivity contribution is -0.117. The molecule has 1 aliphatic carbocycles. The highest BCUT2D eigenvalue weighted by Gasteiger charge is 2.30. The van der Waals surface area contributed by atoms with Crippen LogP contribution in [0.4, 0.5) is 5.82 Å². The summed E-state index contributed by atoms with van der Waals surface area (Å²) in [5, 5.41) is 19.5. The third kappa shape index (κ3) is 3.40. The second-order valence-corrected chi connectivity index (χ2v) is 7.66. The number of nitrogens with one attached hydrogen (secondary N) is 2. The predicted molar refractivity (Wildman–Crippen MR) is 105 cm³/mol. The van der Waals surface area contributed by atoms with Crippen molar-refractivity contribution in [2.75, 3.05) is 12.4 Å². The molecule has 0 radical (unpaired) electrons. The number of amides is 2. The van der Waals surface area contributed by atoms with Crippen molar-refractivity contribution < 1.29 is 9.59 Å². The topological polar surface area (TPSA) is 119 Å². The van der Waals surface area contributed by atoms with Crippen LogP contribution in [0.2, 0.25) is 0 Å².